The molecule has 0 spiro atoms. The molecule has 1 aliphatic rings. The maximum absolute atomic E-state index is 13.2. The Morgan fingerprint density at radius 1 is 1.10 bits per heavy atom. The molecular formula is C22H24O7. The van der Waals surface area contributed by atoms with Gasteiger partial charge in [-0.1, -0.05) is 5.57 Å². The maximum atomic E-state index is 13.2. The van der Waals surface area contributed by atoms with E-state index in [9.17, 15) is 20.1 Å². The number of benzene rings is 2. The number of carbonyl (C=O) groups is 1. The standard InChI is InChI=1S/C22H24O7/c1-11(2)12(3)18-16(27-4)7-6-14(20(18)28-5)22(26)10-29-17-9-13(23)8-15(24)19(17)21(22)25/h6-9,23-24,26H,10H2,1-5H3. The van der Waals surface area contributed by atoms with Gasteiger partial charge in [0.1, 0.15) is 40.9 Å². The van der Waals surface area contributed by atoms with Crippen LogP contribution in [0.2, 0.25) is 0 Å². The number of aliphatic hydroxyl groups is 1. The largest absolute Gasteiger partial charge is 0.508 e. The van der Waals surface area contributed by atoms with Crippen molar-refractivity contribution in [3.8, 4) is 28.7 Å². The topological polar surface area (TPSA) is 105 Å². The van der Waals surface area contributed by atoms with Gasteiger partial charge in [-0.05, 0) is 38.5 Å². The Labute approximate surface area is 168 Å². The highest BCUT2D eigenvalue weighted by Crippen LogP contribution is 2.47. The van der Waals surface area contributed by atoms with E-state index in [1.54, 1.807) is 12.1 Å². The summed E-state index contributed by atoms with van der Waals surface area (Å²) in [5.41, 5.74) is 0.399. The van der Waals surface area contributed by atoms with Crippen LogP contribution >= 0.6 is 0 Å². The first kappa shape index (κ1) is 20.5. The lowest BCUT2D eigenvalue weighted by molar-refractivity contribution is -0.00676. The van der Waals surface area contributed by atoms with Crippen molar-refractivity contribution in [1.82, 2.24) is 0 Å². The van der Waals surface area contributed by atoms with Crippen molar-refractivity contribution in [3.63, 3.8) is 0 Å². The summed E-state index contributed by atoms with van der Waals surface area (Å²) in [6.45, 7) is 5.36. The smallest absolute Gasteiger partial charge is 0.210 e. The Morgan fingerprint density at radius 2 is 1.79 bits per heavy atom. The molecule has 0 saturated carbocycles. The molecule has 3 N–H and O–H groups in total. The van der Waals surface area contributed by atoms with Gasteiger partial charge < -0.3 is 29.5 Å². The van der Waals surface area contributed by atoms with Crippen LogP contribution in [0, 0.1) is 0 Å². The number of rotatable bonds is 4. The van der Waals surface area contributed by atoms with Gasteiger partial charge in [-0.25, -0.2) is 0 Å². The number of methoxy groups -OCH3 is 2. The SMILES string of the molecule is COc1ccc(C2(O)COc3cc(O)cc(O)c3C2=O)c(OC)c1C(C)=C(C)C. The molecule has 29 heavy (non-hydrogen) atoms. The van der Waals surface area contributed by atoms with Crippen LogP contribution in [0.4, 0.5) is 0 Å². The Hall–Kier alpha value is -3.19. The number of hydrogen-bond acceptors (Lipinski definition) is 7. The molecule has 154 valence electrons. The molecule has 1 unspecified atom stereocenters. The van der Waals surface area contributed by atoms with Crippen LogP contribution < -0.4 is 14.2 Å². The van der Waals surface area contributed by atoms with Crippen molar-refractivity contribution in [2.24, 2.45) is 0 Å². The Morgan fingerprint density at radius 3 is 2.38 bits per heavy atom. The fraction of sp³-hybridized carbons (Fsp3) is 0.318. The molecule has 0 radical (unpaired) electrons. The highest BCUT2D eigenvalue weighted by molar-refractivity contribution is 6.08. The zero-order chi connectivity index (χ0) is 21.5. The maximum Gasteiger partial charge on any atom is 0.210 e. The van der Waals surface area contributed by atoms with Crippen LogP contribution in [0.25, 0.3) is 5.57 Å². The monoisotopic (exact) mass is 400 g/mol. The lowest BCUT2D eigenvalue weighted by atomic mass is 9.81. The lowest BCUT2D eigenvalue weighted by Crippen LogP contribution is -2.45. The van der Waals surface area contributed by atoms with Gasteiger partial charge in [0.15, 0.2) is 5.60 Å². The van der Waals surface area contributed by atoms with Gasteiger partial charge >= 0.3 is 0 Å². The van der Waals surface area contributed by atoms with Gasteiger partial charge in [0.2, 0.25) is 5.78 Å². The second-order valence-electron chi connectivity index (χ2n) is 7.16. The summed E-state index contributed by atoms with van der Waals surface area (Å²) in [7, 11) is 2.97. The summed E-state index contributed by atoms with van der Waals surface area (Å²) in [4.78, 5) is 13.2. The number of aromatic hydroxyl groups is 2. The van der Waals surface area contributed by atoms with E-state index in [0.717, 1.165) is 17.2 Å². The highest BCUT2D eigenvalue weighted by Gasteiger charge is 2.48. The van der Waals surface area contributed by atoms with Crippen molar-refractivity contribution in [1.29, 1.82) is 0 Å². The van der Waals surface area contributed by atoms with Gasteiger partial charge in [-0.3, -0.25) is 4.79 Å². The van der Waals surface area contributed by atoms with Crippen LogP contribution in [-0.2, 0) is 5.60 Å². The van der Waals surface area contributed by atoms with Crippen molar-refractivity contribution >= 4 is 11.4 Å². The predicted molar refractivity (Wildman–Crippen MR) is 107 cm³/mol. The summed E-state index contributed by atoms with van der Waals surface area (Å²) in [5, 5.41) is 31.2. The number of ketones is 1. The second kappa shape index (κ2) is 7.33. The molecule has 1 atom stereocenters. The molecule has 2 aromatic carbocycles. The molecule has 3 rings (SSSR count). The number of allylic oxidation sites excluding steroid dienone is 2. The van der Waals surface area contributed by atoms with Crippen LogP contribution in [0.3, 0.4) is 0 Å². The fourth-order valence-corrected chi connectivity index (χ4v) is 3.46. The van der Waals surface area contributed by atoms with E-state index >= 15 is 0 Å². The third-order valence-electron chi connectivity index (χ3n) is 5.22. The average molecular weight is 400 g/mol. The summed E-state index contributed by atoms with van der Waals surface area (Å²) < 4.78 is 16.6. The Bertz CT molecular complexity index is 1020. The number of hydrogen-bond donors (Lipinski definition) is 3. The molecule has 7 heteroatoms. The number of phenols is 2. The summed E-state index contributed by atoms with van der Waals surface area (Å²) in [5.74, 6) is -0.653. The van der Waals surface area contributed by atoms with Crippen LogP contribution in [0.1, 0.15) is 42.3 Å². The predicted octanol–water partition coefficient (Wildman–Crippen LogP) is 3.39. The van der Waals surface area contributed by atoms with Gasteiger partial charge in [-0.15, -0.1) is 0 Å². The van der Waals surface area contributed by atoms with Gasteiger partial charge in [-0.2, -0.15) is 0 Å². The number of fused-ring (bicyclic) bond motifs is 1. The third-order valence-corrected chi connectivity index (χ3v) is 5.22. The zero-order valence-corrected chi connectivity index (χ0v) is 17.0. The first-order valence-corrected chi connectivity index (χ1v) is 9.01. The van der Waals surface area contributed by atoms with E-state index in [4.69, 9.17) is 14.2 Å². The van der Waals surface area contributed by atoms with Crippen LogP contribution in [0.15, 0.2) is 29.8 Å². The molecule has 0 amide bonds. The highest BCUT2D eigenvalue weighted by atomic mass is 16.5. The third kappa shape index (κ3) is 3.17. The van der Waals surface area contributed by atoms with Crippen molar-refractivity contribution in [2.75, 3.05) is 20.8 Å². The molecule has 0 aromatic heterocycles. The molecular weight excluding hydrogens is 376 g/mol. The van der Waals surface area contributed by atoms with Crippen LogP contribution in [-0.4, -0.2) is 41.9 Å². The normalized spacial score (nSPS) is 17.9. The van der Waals surface area contributed by atoms with Crippen LogP contribution in [0.5, 0.6) is 28.7 Å². The van der Waals surface area contributed by atoms with E-state index in [2.05, 4.69) is 0 Å². The number of carbonyl (C=O) groups excluding carboxylic acids is 1. The van der Waals surface area contributed by atoms with E-state index in [0.29, 0.717) is 11.3 Å². The average Bonchev–Trinajstić information content (AvgIpc) is 2.68. The quantitative estimate of drug-likeness (QED) is 0.722. The Balaban J connectivity index is 2.27. The first-order valence-electron chi connectivity index (χ1n) is 9.01. The Kier molecular flexibility index (Phi) is 5.19. The zero-order valence-electron chi connectivity index (χ0n) is 17.0. The fourth-order valence-electron chi connectivity index (χ4n) is 3.46. The molecule has 7 nitrogen and oxygen atoms in total. The number of Topliss-reactive ketones (excluding diaryl/α,β-unsaturated/α-hetero) is 1. The second-order valence-corrected chi connectivity index (χ2v) is 7.16. The summed E-state index contributed by atoms with van der Waals surface area (Å²) >= 11 is 0. The molecule has 0 aliphatic carbocycles. The lowest BCUT2D eigenvalue weighted by Gasteiger charge is -2.34. The minimum absolute atomic E-state index is 0.00496. The van der Waals surface area contributed by atoms with Crippen molar-refractivity contribution in [3.05, 3.63) is 46.5 Å². The summed E-state index contributed by atoms with van der Waals surface area (Å²) in [6.07, 6.45) is 0. The molecule has 2 aromatic rings. The minimum atomic E-state index is -2.10. The van der Waals surface area contributed by atoms with Gasteiger partial charge in [0, 0.05) is 17.7 Å². The molecule has 0 bridgehead atoms. The molecule has 1 heterocycles. The van der Waals surface area contributed by atoms with Crippen molar-refractivity contribution in [2.45, 2.75) is 26.4 Å². The first-order chi connectivity index (χ1) is 13.7. The molecule has 0 fully saturated rings. The summed E-state index contributed by atoms with van der Waals surface area (Å²) in [6, 6.07) is 5.44. The van der Waals surface area contributed by atoms with E-state index in [1.165, 1.54) is 20.3 Å². The van der Waals surface area contributed by atoms with Gasteiger partial charge in [0.05, 0.1) is 19.8 Å². The molecule has 1 aliphatic heterocycles. The van der Waals surface area contributed by atoms with Crippen molar-refractivity contribution < 1.29 is 34.3 Å². The van der Waals surface area contributed by atoms with E-state index < -0.39 is 23.7 Å². The van der Waals surface area contributed by atoms with E-state index in [1.807, 2.05) is 20.8 Å². The minimum Gasteiger partial charge on any atom is -0.508 e. The number of phenolic OH excluding ortho intramolecular Hbond substituents is 2. The number of ether oxygens (including phenoxy) is 3. The molecule has 0 saturated heterocycles. The van der Waals surface area contributed by atoms with E-state index in [-0.39, 0.29) is 28.4 Å². The van der Waals surface area contributed by atoms with Gasteiger partial charge in [0.25, 0.3) is 0 Å².